The highest BCUT2D eigenvalue weighted by Gasteiger charge is 1.87. The topological polar surface area (TPSA) is 26.0 Å². The van der Waals surface area contributed by atoms with Crippen LogP contribution in [0.3, 0.4) is 0 Å². The summed E-state index contributed by atoms with van der Waals surface area (Å²) in [6, 6.07) is 0. The Labute approximate surface area is 42.2 Å². The average molecular weight is 97.1 g/mol. The summed E-state index contributed by atoms with van der Waals surface area (Å²) in [4.78, 5) is 3.85. The molecule has 0 radical (unpaired) electrons. The quantitative estimate of drug-likeness (QED) is 0.487. The SMILES string of the molecule is Cc1cnc(C)o1. The van der Waals surface area contributed by atoms with Crippen LogP contribution in [-0.4, -0.2) is 4.98 Å². The molecule has 2 heteroatoms. The first kappa shape index (κ1) is 4.37. The summed E-state index contributed by atoms with van der Waals surface area (Å²) in [6.07, 6.45) is 1.70. The minimum Gasteiger partial charge on any atom is -0.446 e. The van der Waals surface area contributed by atoms with Crippen molar-refractivity contribution in [2.24, 2.45) is 0 Å². The Morgan fingerprint density at radius 3 is 2.43 bits per heavy atom. The molecule has 1 aromatic rings. The summed E-state index contributed by atoms with van der Waals surface area (Å²) in [7, 11) is 0. The average Bonchev–Trinajstić information content (AvgIpc) is 1.87. The lowest BCUT2D eigenvalue weighted by Crippen LogP contribution is -1.59. The Bertz CT molecular complexity index is 140. The van der Waals surface area contributed by atoms with Gasteiger partial charge in [0.2, 0.25) is 0 Å². The first-order chi connectivity index (χ1) is 3.29. The van der Waals surface area contributed by atoms with E-state index in [9.17, 15) is 0 Å². The van der Waals surface area contributed by atoms with Crippen LogP contribution in [0.5, 0.6) is 0 Å². The molecule has 0 aliphatic rings. The van der Waals surface area contributed by atoms with Gasteiger partial charge in [-0.15, -0.1) is 0 Å². The van der Waals surface area contributed by atoms with Gasteiger partial charge in [0.25, 0.3) is 0 Å². The Morgan fingerprint density at radius 1 is 1.57 bits per heavy atom. The van der Waals surface area contributed by atoms with E-state index in [0.29, 0.717) is 0 Å². The van der Waals surface area contributed by atoms with Gasteiger partial charge in [-0.25, -0.2) is 4.98 Å². The van der Waals surface area contributed by atoms with Crippen molar-refractivity contribution >= 4 is 0 Å². The number of nitrogens with zero attached hydrogens (tertiary/aromatic N) is 1. The molecule has 0 amide bonds. The number of oxazole rings is 1. The molecule has 0 aliphatic heterocycles. The van der Waals surface area contributed by atoms with E-state index >= 15 is 0 Å². The van der Waals surface area contributed by atoms with Gasteiger partial charge >= 0.3 is 0 Å². The van der Waals surface area contributed by atoms with Crippen LogP contribution >= 0.6 is 0 Å². The van der Waals surface area contributed by atoms with E-state index in [-0.39, 0.29) is 0 Å². The molecule has 0 unspecified atom stereocenters. The lowest BCUT2D eigenvalue weighted by Gasteiger charge is -1.73. The Morgan fingerprint density at radius 2 is 2.29 bits per heavy atom. The third-order valence-electron chi connectivity index (χ3n) is 0.737. The molecular weight excluding hydrogens is 90.1 g/mol. The molecule has 0 aromatic carbocycles. The van der Waals surface area contributed by atoms with E-state index in [1.807, 2.05) is 13.8 Å². The van der Waals surface area contributed by atoms with E-state index in [0.717, 1.165) is 11.7 Å². The third-order valence-corrected chi connectivity index (χ3v) is 0.737. The van der Waals surface area contributed by atoms with Crippen molar-refractivity contribution in [2.75, 3.05) is 0 Å². The molecule has 1 heterocycles. The van der Waals surface area contributed by atoms with Crippen LogP contribution < -0.4 is 0 Å². The van der Waals surface area contributed by atoms with Gasteiger partial charge in [-0.3, -0.25) is 0 Å². The molecule has 0 bridgehead atoms. The summed E-state index contributed by atoms with van der Waals surface area (Å²) in [5.74, 6) is 1.61. The van der Waals surface area contributed by atoms with Gasteiger partial charge < -0.3 is 4.42 Å². The largest absolute Gasteiger partial charge is 0.446 e. The van der Waals surface area contributed by atoms with Gasteiger partial charge in [-0.1, -0.05) is 0 Å². The minimum atomic E-state index is 0.734. The zero-order chi connectivity index (χ0) is 5.28. The second-order valence-corrected chi connectivity index (χ2v) is 1.49. The molecule has 1 aromatic heterocycles. The van der Waals surface area contributed by atoms with Gasteiger partial charge in [0.15, 0.2) is 5.89 Å². The Hall–Kier alpha value is -0.790. The monoisotopic (exact) mass is 97.1 g/mol. The van der Waals surface area contributed by atoms with Crippen LogP contribution in [0.4, 0.5) is 0 Å². The molecule has 1 rings (SSSR count). The number of aromatic nitrogens is 1. The van der Waals surface area contributed by atoms with Crippen molar-refractivity contribution in [1.29, 1.82) is 0 Å². The van der Waals surface area contributed by atoms with Gasteiger partial charge in [0.05, 0.1) is 6.20 Å². The maximum absolute atomic E-state index is 4.97. The molecule has 0 saturated carbocycles. The zero-order valence-electron chi connectivity index (χ0n) is 4.43. The highest BCUT2D eigenvalue weighted by molar-refractivity contribution is 4.87. The predicted molar refractivity (Wildman–Crippen MR) is 26.0 cm³/mol. The van der Waals surface area contributed by atoms with Gasteiger partial charge in [0, 0.05) is 6.92 Å². The number of hydrogen-bond donors (Lipinski definition) is 0. The van der Waals surface area contributed by atoms with Gasteiger partial charge in [-0.2, -0.15) is 0 Å². The molecule has 0 spiro atoms. The Balaban J connectivity index is 3.04. The summed E-state index contributed by atoms with van der Waals surface area (Å²) in [5, 5.41) is 0. The fourth-order valence-corrected chi connectivity index (χ4v) is 0.467. The number of hydrogen-bond acceptors (Lipinski definition) is 2. The number of aryl methyl sites for hydroxylation is 2. The molecular formula is C5H7NO. The van der Waals surface area contributed by atoms with Crippen molar-refractivity contribution in [3.05, 3.63) is 17.8 Å². The fourth-order valence-electron chi connectivity index (χ4n) is 0.467. The predicted octanol–water partition coefficient (Wildman–Crippen LogP) is 1.29. The highest BCUT2D eigenvalue weighted by atomic mass is 16.3. The molecule has 0 fully saturated rings. The van der Waals surface area contributed by atoms with Crippen LogP contribution in [0, 0.1) is 13.8 Å². The van der Waals surface area contributed by atoms with Gasteiger partial charge in [0.1, 0.15) is 5.76 Å². The van der Waals surface area contributed by atoms with E-state index in [4.69, 9.17) is 4.42 Å². The second-order valence-electron chi connectivity index (χ2n) is 1.49. The Kier molecular flexibility index (Phi) is 0.855. The van der Waals surface area contributed by atoms with E-state index in [2.05, 4.69) is 4.98 Å². The van der Waals surface area contributed by atoms with E-state index in [1.54, 1.807) is 6.20 Å². The second kappa shape index (κ2) is 1.37. The molecule has 0 atom stereocenters. The zero-order valence-corrected chi connectivity index (χ0v) is 4.43. The van der Waals surface area contributed by atoms with Crippen molar-refractivity contribution in [2.45, 2.75) is 13.8 Å². The van der Waals surface area contributed by atoms with Crippen LogP contribution in [0.15, 0.2) is 10.6 Å². The molecule has 38 valence electrons. The lowest BCUT2D eigenvalue weighted by molar-refractivity contribution is 0.494. The van der Waals surface area contributed by atoms with Crippen LogP contribution in [-0.2, 0) is 0 Å². The van der Waals surface area contributed by atoms with E-state index in [1.165, 1.54) is 0 Å². The normalized spacial score (nSPS) is 9.43. The van der Waals surface area contributed by atoms with E-state index < -0.39 is 0 Å². The standard InChI is InChI=1S/C5H7NO/c1-4-3-6-5(2)7-4/h3H,1-2H3. The molecule has 0 N–H and O–H groups in total. The number of rotatable bonds is 0. The lowest BCUT2D eigenvalue weighted by atomic mass is 10.6. The maximum Gasteiger partial charge on any atom is 0.191 e. The van der Waals surface area contributed by atoms with Crippen molar-refractivity contribution in [3.63, 3.8) is 0 Å². The summed E-state index contributed by atoms with van der Waals surface area (Å²) in [5.41, 5.74) is 0. The third kappa shape index (κ3) is 0.796. The molecule has 0 saturated heterocycles. The van der Waals surface area contributed by atoms with Crippen molar-refractivity contribution in [1.82, 2.24) is 4.98 Å². The molecule has 2 nitrogen and oxygen atoms in total. The van der Waals surface area contributed by atoms with Crippen molar-refractivity contribution < 1.29 is 4.42 Å². The molecule has 7 heavy (non-hydrogen) atoms. The smallest absolute Gasteiger partial charge is 0.191 e. The summed E-state index contributed by atoms with van der Waals surface area (Å²) in [6.45, 7) is 3.70. The first-order valence-electron chi connectivity index (χ1n) is 2.18. The van der Waals surface area contributed by atoms with Crippen LogP contribution in [0.1, 0.15) is 11.7 Å². The fraction of sp³-hybridized carbons (Fsp3) is 0.400. The maximum atomic E-state index is 4.97. The summed E-state index contributed by atoms with van der Waals surface area (Å²) >= 11 is 0. The highest BCUT2D eigenvalue weighted by Crippen LogP contribution is 1.96. The molecule has 0 aliphatic carbocycles. The van der Waals surface area contributed by atoms with Crippen LogP contribution in [0.2, 0.25) is 0 Å². The van der Waals surface area contributed by atoms with Gasteiger partial charge in [-0.05, 0) is 6.92 Å². The first-order valence-corrected chi connectivity index (χ1v) is 2.18. The van der Waals surface area contributed by atoms with Crippen LogP contribution in [0.25, 0.3) is 0 Å². The van der Waals surface area contributed by atoms with Crippen molar-refractivity contribution in [3.8, 4) is 0 Å². The minimum absolute atomic E-state index is 0.734. The summed E-state index contributed by atoms with van der Waals surface area (Å²) < 4.78 is 4.97.